The van der Waals surface area contributed by atoms with Crippen molar-refractivity contribution in [1.29, 1.82) is 5.26 Å². The van der Waals surface area contributed by atoms with Crippen molar-refractivity contribution < 1.29 is 4.74 Å². The number of rotatable bonds is 6. The zero-order valence-electron chi connectivity index (χ0n) is 15.7. The van der Waals surface area contributed by atoms with E-state index in [4.69, 9.17) is 4.74 Å². The van der Waals surface area contributed by atoms with E-state index in [2.05, 4.69) is 11.1 Å². The molecule has 3 nitrogen and oxygen atoms in total. The molecule has 0 amide bonds. The fourth-order valence-electron chi connectivity index (χ4n) is 2.90. The number of allylic oxidation sites excluding steroid dienone is 1. The molecule has 0 atom stereocenters. The number of thiazole rings is 1. The lowest BCUT2D eigenvalue weighted by atomic mass is 10.1. The number of fused-ring (bicyclic) bond motifs is 1. The number of benzene rings is 3. The van der Waals surface area contributed by atoms with Crippen molar-refractivity contribution in [3.8, 4) is 11.8 Å². The summed E-state index contributed by atoms with van der Waals surface area (Å²) >= 11 is 1.52. The molecule has 0 bridgehead atoms. The number of nitriles is 1. The van der Waals surface area contributed by atoms with Crippen molar-refractivity contribution in [1.82, 2.24) is 4.98 Å². The normalized spacial score (nSPS) is 11.6. The standard InChI is InChI=1S/C25H18N2OS/c26-18-21(25-27-22-13-5-7-15-24(22)29-25)17-20-12-4-6-14-23(20)28-16-8-11-19-9-2-1-3-10-19/h1-15,17H,16H2/b11-8+,21-17+. The molecule has 1 aromatic heterocycles. The van der Waals surface area contributed by atoms with Crippen LogP contribution in [0.5, 0.6) is 5.75 Å². The molecule has 0 spiro atoms. The second kappa shape index (κ2) is 9.01. The lowest BCUT2D eigenvalue weighted by Crippen LogP contribution is -1.95. The third-order valence-corrected chi connectivity index (χ3v) is 5.38. The average molecular weight is 394 g/mol. The van der Waals surface area contributed by atoms with E-state index in [0.29, 0.717) is 17.2 Å². The first-order valence-electron chi connectivity index (χ1n) is 9.24. The van der Waals surface area contributed by atoms with Crippen LogP contribution in [0.1, 0.15) is 16.1 Å². The molecule has 0 radical (unpaired) electrons. The summed E-state index contributed by atoms with van der Waals surface area (Å²) in [4.78, 5) is 4.59. The van der Waals surface area contributed by atoms with Gasteiger partial charge in [0.1, 0.15) is 23.4 Å². The number of nitrogens with zero attached hydrogens (tertiary/aromatic N) is 2. The highest BCUT2D eigenvalue weighted by Crippen LogP contribution is 2.30. The SMILES string of the molecule is N#C/C(=C\c1ccccc1OC/C=C/c1ccccc1)c1nc2ccccc2s1. The number of hydrogen-bond donors (Lipinski definition) is 0. The van der Waals surface area contributed by atoms with Crippen LogP contribution < -0.4 is 4.74 Å². The van der Waals surface area contributed by atoms with E-state index in [-0.39, 0.29) is 0 Å². The lowest BCUT2D eigenvalue weighted by Gasteiger charge is -2.07. The Kier molecular flexibility index (Phi) is 5.80. The maximum atomic E-state index is 9.69. The summed E-state index contributed by atoms with van der Waals surface area (Å²) in [6.45, 7) is 0.447. The molecule has 0 saturated heterocycles. The van der Waals surface area contributed by atoms with Crippen molar-refractivity contribution in [2.24, 2.45) is 0 Å². The molecule has 3 aromatic carbocycles. The summed E-state index contributed by atoms with van der Waals surface area (Å²) in [5, 5.41) is 10.4. The van der Waals surface area contributed by atoms with Gasteiger partial charge in [0.15, 0.2) is 0 Å². The molecule has 0 saturated carbocycles. The minimum Gasteiger partial charge on any atom is -0.489 e. The van der Waals surface area contributed by atoms with E-state index in [1.807, 2.05) is 97.1 Å². The topological polar surface area (TPSA) is 45.9 Å². The maximum absolute atomic E-state index is 9.69. The second-order valence-electron chi connectivity index (χ2n) is 6.32. The molecule has 4 rings (SSSR count). The molecular formula is C25H18N2OS. The van der Waals surface area contributed by atoms with Crippen LogP contribution >= 0.6 is 11.3 Å². The van der Waals surface area contributed by atoms with Gasteiger partial charge in [-0.2, -0.15) is 5.26 Å². The zero-order valence-corrected chi connectivity index (χ0v) is 16.5. The third kappa shape index (κ3) is 4.60. The molecule has 0 fully saturated rings. The monoisotopic (exact) mass is 394 g/mol. The molecule has 0 unspecified atom stereocenters. The van der Waals surface area contributed by atoms with Crippen LogP contribution in [-0.2, 0) is 0 Å². The molecule has 4 aromatic rings. The number of para-hydroxylation sites is 2. The van der Waals surface area contributed by atoms with Gasteiger partial charge < -0.3 is 4.74 Å². The van der Waals surface area contributed by atoms with E-state index in [1.54, 1.807) is 0 Å². The van der Waals surface area contributed by atoms with E-state index < -0.39 is 0 Å². The van der Waals surface area contributed by atoms with Crippen LogP contribution in [0, 0.1) is 11.3 Å². The van der Waals surface area contributed by atoms with Gasteiger partial charge in [-0.25, -0.2) is 4.98 Å². The molecule has 0 N–H and O–H groups in total. The Hall–Kier alpha value is -3.68. The van der Waals surface area contributed by atoms with Gasteiger partial charge in [0, 0.05) is 5.56 Å². The molecule has 29 heavy (non-hydrogen) atoms. The van der Waals surface area contributed by atoms with Gasteiger partial charge in [0.2, 0.25) is 0 Å². The number of hydrogen-bond acceptors (Lipinski definition) is 4. The molecule has 0 aliphatic rings. The van der Waals surface area contributed by atoms with Crippen molar-refractivity contribution in [2.75, 3.05) is 6.61 Å². The highest BCUT2D eigenvalue weighted by atomic mass is 32.1. The quantitative estimate of drug-likeness (QED) is 0.353. The van der Waals surface area contributed by atoms with Gasteiger partial charge in [-0.05, 0) is 35.9 Å². The van der Waals surface area contributed by atoms with Gasteiger partial charge in [-0.3, -0.25) is 0 Å². The average Bonchev–Trinajstić information content (AvgIpc) is 3.20. The van der Waals surface area contributed by atoms with Crippen LogP contribution in [0.25, 0.3) is 27.9 Å². The Morgan fingerprint density at radius 1 is 0.966 bits per heavy atom. The van der Waals surface area contributed by atoms with Crippen LogP contribution in [-0.4, -0.2) is 11.6 Å². The Bertz CT molecular complexity index is 1180. The molecule has 0 aliphatic carbocycles. The molecule has 1 heterocycles. The van der Waals surface area contributed by atoms with E-state index in [9.17, 15) is 5.26 Å². The van der Waals surface area contributed by atoms with Crippen molar-refractivity contribution >= 4 is 39.3 Å². The van der Waals surface area contributed by atoms with Crippen molar-refractivity contribution in [2.45, 2.75) is 0 Å². The second-order valence-corrected chi connectivity index (χ2v) is 7.35. The zero-order chi connectivity index (χ0) is 19.9. The van der Waals surface area contributed by atoms with Crippen molar-refractivity contribution in [3.05, 3.63) is 101 Å². The van der Waals surface area contributed by atoms with Gasteiger partial charge in [0.25, 0.3) is 0 Å². The predicted octanol–water partition coefficient (Wildman–Crippen LogP) is 6.45. The van der Waals surface area contributed by atoms with Gasteiger partial charge in [-0.1, -0.05) is 66.7 Å². The molecular weight excluding hydrogens is 376 g/mol. The first-order valence-corrected chi connectivity index (χ1v) is 10.1. The minimum absolute atomic E-state index is 0.447. The smallest absolute Gasteiger partial charge is 0.135 e. The Balaban J connectivity index is 1.55. The highest BCUT2D eigenvalue weighted by Gasteiger charge is 2.10. The first-order chi connectivity index (χ1) is 14.3. The van der Waals surface area contributed by atoms with E-state index >= 15 is 0 Å². The fraction of sp³-hybridized carbons (Fsp3) is 0.0400. The summed E-state index contributed by atoms with van der Waals surface area (Å²) < 4.78 is 7.01. The Labute approximate surface area is 173 Å². The van der Waals surface area contributed by atoms with Gasteiger partial charge in [-0.15, -0.1) is 11.3 Å². The summed E-state index contributed by atoms with van der Waals surface area (Å²) in [5.74, 6) is 0.735. The van der Waals surface area contributed by atoms with Crippen LogP contribution in [0.3, 0.4) is 0 Å². The predicted molar refractivity (Wildman–Crippen MR) is 121 cm³/mol. The first kappa shape index (κ1) is 18.7. The highest BCUT2D eigenvalue weighted by molar-refractivity contribution is 7.19. The summed E-state index contributed by atoms with van der Waals surface area (Å²) in [6.07, 6.45) is 5.85. The third-order valence-electron chi connectivity index (χ3n) is 4.31. The van der Waals surface area contributed by atoms with Gasteiger partial charge in [0.05, 0.1) is 15.8 Å². The fourth-order valence-corrected chi connectivity index (χ4v) is 3.83. The lowest BCUT2D eigenvalue weighted by molar-refractivity contribution is 0.363. The number of ether oxygens (including phenoxy) is 1. The van der Waals surface area contributed by atoms with Crippen molar-refractivity contribution in [3.63, 3.8) is 0 Å². The molecule has 0 aliphatic heterocycles. The Morgan fingerprint density at radius 3 is 2.55 bits per heavy atom. The Morgan fingerprint density at radius 2 is 1.72 bits per heavy atom. The molecule has 4 heteroatoms. The summed E-state index contributed by atoms with van der Waals surface area (Å²) in [5.41, 5.74) is 3.43. The largest absolute Gasteiger partial charge is 0.489 e. The van der Waals surface area contributed by atoms with E-state index in [1.165, 1.54) is 11.3 Å². The number of aromatic nitrogens is 1. The summed E-state index contributed by atoms with van der Waals surface area (Å²) in [6, 6.07) is 28.0. The van der Waals surface area contributed by atoms with Crippen LogP contribution in [0.4, 0.5) is 0 Å². The van der Waals surface area contributed by atoms with Gasteiger partial charge >= 0.3 is 0 Å². The van der Waals surface area contributed by atoms with Crippen LogP contribution in [0.15, 0.2) is 84.9 Å². The summed E-state index contributed by atoms with van der Waals surface area (Å²) in [7, 11) is 0. The van der Waals surface area contributed by atoms with E-state index in [0.717, 1.165) is 27.1 Å². The van der Waals surface area contributed by atoms with Crippen LogP contribution in [0.2, 0.25) is 0 Å². The maximum Gasteiger partial charge on any atom is 0.135 e. The minimum atomic E-state index is 0.447. The molecule has 140 valence electrons.